The summed E-state index contributed by atoms with van der Waals surface area (Å²) in [6.45, 7) is 7.37. The lowest BCUT2D eigenvalue weighted by Gasteiger charge is -2.12. The molecule has 0 aliphatic heterocycles. The molecule has 0 atom stereocenters. The third-order valence-electron chi connectivity index (χ3n) is 4.47. The molecule has 0 saturated carbocycles. The zero-order valence-corrected chi connectivity index (χ0v) is 15.5. The van der Waals surface area contributed by atoms with Gasteiger partial charge in [-0.05, 0) is 51.8 Å². The highest BCUT2D eigenvalue weighted by atomic mass is 16.1. The molecule has 1 aromatic carbocycles. The predicted molar refractivity (Wildman–Crippen MR) is 101 cm³/mol. The summed E-state index contributed by atoms with van der Waals surface area (Å²) in [6.07, 6.45) is 0.870. The van der Waals surface area contributed by atoms with Gasteiger partial charge in [0, 0.05) is 29.4 Å². The average molecular weight is 350 g/mol. The number of para-hydroxylation sites is 1. The first kappa shape index (κ1) is 17.8. The number of amides is 1. The molecule has 0 aliphatic rings. The van der Waals surface area contributed by atoms with Crippen LogP contribution in [0, 0.1) is 20.8 Å². The number of benzene rings is 1. The van der Waals surface area contributed by atoms with E-state index in [2.05, 4.69) is 15.4 Å². The number of fused-ring (bicyclic) bond motifs is 1. The van der Waals surface area contributed by atoms with Gasteiger partial charge in [0.25, 0.3) is 0 Å². The summed E-state index contributed by atoms with van der Waals surface area (Å²) >= 11 is 0. The molecule has 0 bridgehead atoms. The molecule has 2 heterocycles. The molecule has 1 amide bonds. The Morgan fingerprint density at radius 1 is 1.15 bits per heavy atom. The van der Waals surface area contributed by atoms with Gasteiger partial charge in [0.1, 0.15) is 0 Å². The number of aryl methyl sites for hydroxylation is 3. The zero-order chi connectivity index (χ0) is 18.8. The van der Waals surface area contributed by atoms with Gasteiger partial charge in [-0.15, -0.1) is 0 Å². The molecule has 0 saturated heterocycles. The number of Topliss-reactive ketones (excluding diaryl/α,β-unsaturated/α-hetero) is 1. The van der Waals surface area contributed by atoms with Crippen LogP contribution in [0.15, 0.2) is 30.3 Å². The molecule has 6 heteroatoms. The van der Waals surface area contributed by atoms with Crippen molar-refractivity contribution in [2.24, 2.45) is 0 Å². The van der Waals surface area contributed by atoms with Gasteiger partial charge in [0.05, 0.1) is 11.4 Å². The molecule has 0 unspecified atom stereocenters. The number of hydrogen-bond donors (Lipinski definition) is 1. The molecule has 1 N–H and O–H groups in total. The summed E-state index contributed by atoms with van der Waals surface area (Å²) in [5, 5.41) is 7.30. The van der Waals surface area contributed by atoms with Crippen molar-refractivity contribution in [1.82, 2.24) is 14.6 Å². The number of carbonyl (C=O) groups is 2. The third-order valence-corrected chi connectivity index (χ3v) is 4.47. The van der Waals surface area contributed by atoms with E-state index in [1.807, 2.05) is 31.4 Å². The van der Waals surface area contributed by atoms with Crippen LogP contribution >= 0.6 is 0 Å². The smallest absolute Gasteiger partial charge is 0.224 e. The summed E-state index contributed by atoms with van der Waals surface area (Å²) in [5.74, 6) is -0.203. The Labute approximate surface area is 152 Å². The molecular formula is C20H22N4O2. The van der Waals surface area contributed by atoms with E-state index in [4.69, 9.17) is 0 Å². The number of hydrogen-bond acceptors (Lipinski definition) is 4. The van der Waals surface area contributed by atoms with Crippen LogP contribution in [0.1, 0.15) is 46.3 Å². The molecule has 134 valence electrons. The van der Waals surface area contributed by atoms with Crippen molar-refractivity contribution in [2.75, 3.05) is 5.32 Å². The number of nitrogens with zero attached hydrogens (tertiary/aromatic N) is 3. The molecule has 26 heavy (non-hydrogen) atoms. The third kappa shape index (κ3) is 3.49. The summed E-state index contributed by atoms with van der Waals surface area (Å²) < 4.78 is 1.82. The van der Waals surface area contributed by atoms with Crippen molar-refractivity contribution in [3.05, 3.63) is 58.5 Å². The van der Waals surface area contributed by atoms with Crippen LogP contribution in [0.2, 0.25) is 0 Å². The second-order valence-corrected chi connectivity index (χ2v) is 6.47. The maximum absolute atomic E-state index is 12.4. The molecule has 0 spiro atoms. The van der Waals surface area contributed by atoms with Crippen LogP contribution in [0.3, 0.4) is 0 Å². The zero-order valence-electron chi connectivity index (χ0n) is 15.5. The van der Waals surface area contributed by atoms with E-state index in [1.165, 1.54) is 6.92 Å². The van der Waals surface area contributed by atoms with Gasteiger partial charge in [-0.1, -0.05) is 12.1 Å². The predicted octanol–water partition coefficient (Wildman–Crippen LogP) is 3.43. The van der Waals surface area contributed by atoms with Gasteiger partial charge in [0.2, 0.25) is 5.91 Å². The van der Waals surface area contributed by atoms with Gasteiger partial charge < -0.3 is 5.32 Å². The summed E-state index contributed by atoms with van der Waals surface area (Å²) in [4.78, 5) is 28.6. The molecule has 0 aliphatic carbocycles. The highest BCUT2D eigenvalue weighted by Gasteiger charge is 2.14. The van der Waals surface area contributed by atoms with Gasteiger partial charge >= 0.3 is 0 Å². The van der Waals surface area contributed by atoms with Gasteiger partial charge in [0.15, 0.2) is 11.4 Å². The van der Waals surface area contributed by atoms with E-state index in [0.29, 0.717) is 24.1 Å². The molecule has 2 aromatic heterocycles. The van der Waals surface area contributed by atoms with Crippen molar-refractivity contribution in [3.8, 4) is 0 Å². The molecular weight excluding hydrogens is 328 g/mol. The number of ketones is 1. The Morgan fingerprint density at radius 2 is 1.88 bits per heavy atom. The summed E-state index contributed by atoms with van der Waals surface area (Å²) in [7, 11) is 0. The quantitative estimate of drug-likeness (QED) is 0.715. The second kappa shape index (κ2) is 7.07. The highest BCUT2D eigenvalue weighted by molar-refractivity contribution is 6.03. The van der Waals surface area contributed by atoms with E-state index in [9.17, 15) is 9.59 Å². The summed E-state index contributed by atoms with van der Waals surface area (Å²) in [5.41, 5.74) is 5.73. The Kier molecular flexibility index (Phi) is 4.84. The number of rotatable bonds is 5. The van der Waals surface area contributed by atoms with Crippen LogP contribution in [-0.2, 0) is 11.2 Å². The fourth-order valence-corrected chi connectivity index (χ4v) is 3.15. The van der Waals surface area contributed by atoms with Crippen molar-refractivity contribution in [2.45, 2.75) is 40.5 Å². The molecule has 0 radical (unpaired) electrons. The lowest BCUT2D eigenvalue weighted by Crippen LogP contribution is -2.16. The van der Waals surface area contributed by atoms with Crippen LogP contribution in [0.25, 0.3) is 5.65 Å². The minimum atomic E-state index is -0.130. The van der Waals surface area contributed by atoms with Crippen molar-refractivity contribution >= 4 is 23.0 Å². The van der Waals surface area contributed by atoms with E-state index < -0.39 is 0 Å². The largest absolute Gasteiger partial charge is 0.325 e. The topological polar surface area (TPSA) is 76.4 Å². The SMILES string of the molecule is CC(=O)c1ccccc1NC(=O)CCc1c(C)nc2cc(C)nn2c1C. The van der Waals surface area contributed by atoms with Crippen LogP contribution in [-0.4, -0.2) is 26.3 Å². The molecule has 3 rings (SSSR count). The van der Waals surface area contributed by atoms with Gasteiger partial charge in [-0.3, -0.25) is 9.59 Å². The molecule has 6 nitrogen and oxygen atoms in total. The minimum Gasteiger partial charge on any atom is -0.325 e. The number of carbonyl (C=O) groups excluding carboxylic acids is 2. The lowest BCUT2D eigenvalue weighted by atomic mass is 10.1. The van der Waals surface area contributed by atoms with E-state index >= 15 is 0 Å². The van der Waals surface area contributed by atoms with Crippen LogP contribution in [0.5, 0.6) is 0 Å². The number of anilines is 1. The number of nitrogens with one attached hydrogen (secondary N) is 1. The van der Waals surface area contributed by atoms with Gasteiger partial charge in [-0.2, -0.15) is 5.10 Å². The first-order valence-corrected chi connectivity index (χ1v) is 8.59. The first-order valence-electron chi connectivity index (χ1n) is 8.59. The number of aromatic nitrogens is 3. The molecule has 3 aromatic rings. The monoisotopic (exact) mass is 350 g/mol. The maximum atomic E-state index is 12.4. The Hall–Kier alpha value is -3.02. The maximum Gasteiger partial charge on any atom is 0.224 e. The lowest BCUT2D eigenvalue weighted by molar-refractivity contribution is -0.116. The standard InChI is InChI=1S/C20H22N4O2/c1-12-11-19-21-13(2)16(14(3)24(19)23-12)9-10-20(26)22-18-8-6-5-7-17(18)15(4)25/h5-8,11H,9-10H2,1-4H3,(H,22,26). The average Bonchev–Trinajstić information content (AvgIpc) is 2.95. The van der Waals surface area contributed by atoms with Crippen LogP contribution < -0.4 is 5.32 Å². The minimum absolute atomic E-state index is 0.0729. The van der Waals surface area contributed by atoms with E-state index in [1.54, 1.807) is 24.3 Å². The van der Waals surface area contributed by atoms with Gasteiger partial charge in [-0.25, -0.2) is 9.50 Å². The van der Waals surface area contributed by atoms with Crippen molar-refractivity contribution in [3.63, 3.8) is 0 Å². The first-order chi connectivity index (χ1) is 12.4. The van der Waals surface area contributed by atoms with Crippen molar-refractivity contribution in [1.29, 1.82) is 0 Å². The normalized spacial score (nSPS) is 10.9. The fourth-order valence-electron chi connectivity index (χ4n) is 3.15. The van der Waals surface area contributed by atoms with E-state index in [0.717, 1.165) is 28.3 Å². The Morgan fingerprint density at radius 3 is 2.62 bits per heavy atom. The molecule has 0 fully saturated rings. The summed E-state index contributed by atoms with van der Waals surface area (Å²) in [6, 6.07) is 8.98. The highest BCUT2D eigenvalue weighted by Crippen LogP contribution is 2.19. The Balaban J connectivity index is 1.76. The van der Waals surface area contributed by atoms with E-state index in [-0.39, 0.29) is 11.7 Å². The fraction of sp³-hybridized carbons (Fsp3) is 0.300. The second-order valence-electron chi connectivity index (χ2n) is 6.47. The Bertz CT molecular complexity index is 1000. The van der Waals surface area contributed by atoms with Crippen LogP contribution in [0.4, 0.5) is 5.69 Å². The van der Waals surface area contributed by atoms with Crippen molar-refractivity contribution < 1.29 is 9.59 Å².